The molecular formula is C17H11ClF3N5OS. The van der Waals surface area contributed by atoms with Crippen molar-refractivity contribution in [3.05, 3.63) is 68.4 Å². The van der Waals surface area contributed by atoms with Gasteiger partial charge in [-0.2, -0.15) is 18.3 Å². The minimum atomic E-state index is -4.60. The van der Waals surface area contributed by atoms with Crippen LogP contribution in [-0.2, 0) is 12.7 Å². The van der Waals surface area contributed by atoms with Crippen molar-refractivity contribution in [1.29, 1.82) is 0 Å². The first-order valence-electron chi connectivity index (χ1n) is 7.97. The molecule has 0 aliphatic carbocycles. The molecule has 0 saturated carbocycles. The fourth-order valence-corrected chi connectivity index (χ4v) is 4.05. The molecule has 0 fully saturated rings. The van der Waals surface area contributed by atoms with Crippen molar-refractivity contribution >= 4 is 27.9 Å². The summed E-state index contributed by atoms with van der Waals surface area (Å²) in [6, 6.07) is 5.61. The van der Waals surface area contributed by atoms with E-state index in [1.54, 1.807) is 18.5 Å². The van der Waals surface area contributed by atoms with Crippen LogP contribution in [0, 0.1) is 6.92 Å². The van der Waals surface area contributed by atoms with Gasteiger partial charge in [-0.25, -0.2) is 9.67 Å². The van der Waals surface area contributed by atoms with E-state index in [4.69, 9.17) is 11.6 Å². The molecule has 4 aromatic rings. The number of thiazole rings is 1. The maximum atomic E-state index is 12.8. The van der Waals surface area contributed by atoms with Crippen molar-refractivity contribution in [1.82, 2.24) is 24.1 Å². The summed E-state index contributed by atoms with van der Waals surface area (Å²) >= 11 is 7.16. The third-order valence-electron chi connectivity index (χ3n) is 4.01. The van der Waals surface area contributed by atoms with Crippen LogP contribution >= 0.6 is 22.9 Å². The van der Waals surface area contributed by atoms with E-state index in [1.165, 1.54) is 21.8 Å². The first-order chi connectivity index (χ1) is 13.2. The van der Waals surface area contributed by atoms with E-state index in [0.29, 0.717) is 10.7 Å². The van der Waals surface area contributed by atoms with Gasteiger partial charge in [-0.3, -0.25) is 14.2 Å². The van der Waals surface area contributed by atoms with Crippen molar-refractivity contribution < 1.29 is 13.2 Å². The number of halogens is 4. The monoisotopic (exact) mass is 425 g/mol. The Morgan fingerprint density at radius 3 is 2.71 bits per heavy atom. The molecule has 0 aromatic carbocycles. The number of aromatic nitrogens is 5. The highest BCUT2D eigenvalue weighted by Gasteiger charge is 2.34. The van der Waals surface area contributed by atoms with Crippen LogP contribution in [-0.4, -0.2) is 24.1 Å². The highest BCUT2D eigenvalue weighted by molar-refractivity contribution is 7.17. The van der Waals surface area contributed by atoms with Gasteiger partial charge in [0.2, 0.25) is 0 Å². The number of alkyl halides is 3. The Balaban J connectivity index is 1.78. The second-order valence-corrected chi connectivity index (χ2v) is 7.53. The molecule has 4 aromatic heterocycles. The lowest BCUT2D eigenvalue weighted by atomic mass is 10.2. The van der Waals surface area contributed by atoms with E-state index in [0.717, 1.165) is 21.2 Å². The summed E-state index contributed by atoms with van der Waals surface area (Å²) in [4.78, 5) is 22.5. The van der Waals surface area contributed by atoms with Gasteiger partial charge in [0.1, 0.15) is 5.15 Å². The summed E-state index contributed by atoms with van der Waals surface area (Å²) in [5.41, 5.74) is 0.285. The van der Waals surface area contributed by atoms with Gasteiger partial charge in [0.05, 0.1) is 17.9 Å². The molecule has 0 aliphatic heterocycles. The van der Waals surface area contributed by atoms with Gasteiger partial charge in [0.25, 0.3) is 5.56 Å². The van der Waals surface area contributed by atoms with Gasteiger partial charge in [-0.05, 0) is 19.1 Å². The molecule has 144 valence electrons. The minimum Gasteiger partial charge on any atom is -0.269 e. The molecule has 0 spiro atoms. The number of aryl methyl sites for hydroxylation is 1. The summed E-state index contributed by atoms with van der Waals surface area (Å²) in [6.45, 7) is 1.71. The van der Waals surface area contributed by atoms with Crippen molar-refractivity contribution in [2.75, 3.05) is 0 Å². The lowest BCUT2D eigenvalue weighted by Crippen LogP contribution is -2.17. The fraction of sp³-hybridized carbons (Fsp3) is 0.176. The summed E-state index contributed by atoms with van der Waals surface area (Å²) < 4.78 is 40.8. The summed E-state index contributed by atoms with van der Waals surface area (Å²) in [5, 5.41) is 3.28. The highest BCUT2D eigenvalue weighted by atomic mass is 35.5. The molecule has 4 heterocycles. The molecule has 0 bridgehead atoms. The predicted molar refractivity (Wildman–Crippen MR) is 98.6 cm³/mol. The van der Waals surface area contributed by atoms with Crippen LogP contribution in [0.4, 0.5) is 13.2 Å². The van der Waals surface area contributed by atoms with Gasteiger partial charge >= 0.3 is 6.18 Å². The summed E-state index contributed by atoms with van der Waals surface area (Å²) in [7, 11) is 0. The number of pyridine rings is 1. The number of hydrogen-bond donors (Lipinski definition) is 0. The van der Waals surface area contributed by atoms with Gasteiger partial charge in [0, 0.05) is 35.0 Å². The van der Waals surface area contributed by atoms with Gasteiger partial charge in [0.15, 0.2) is 10.7 Å². The van der Waals surface area contributed by atoms with E-state index in [1.807, 2.05) is 13.0 Å². The highest BCUT2D eigenvalue weighted by Crippen LogP contribution is 2.31. The quantitative estimate of drug-likeness (QED) is 0.497. The second kappa shape index (κ2) is 6.71. The van der Waals surface area contributed by atoms with Crippen LogP contribution in [0.2, 0.25) is 5.15 Å². The van der Waals surface area contributed by atoms with Gasteiger partial charge in [-0.15, -0.1) is 11.3 Å². The Bertz CT molecular complexity index is 1230. The molecular weight excluding hydrogens is 415 g/mol. The predicted octanol–water partition coefficient (Wildman–Crippen LogP) is 4.04. The molecule has 11 heteroatoms. The molecule has 28 heavy (non-hydrogen) atoms. The van der Waals surface area contributed by atoms with E-state index >= 15 is 0 Å². The van der Waals surface area contributed by atoms with Crippen LogP contribution in [0.1, 0.15) is 16.3 Å². The maximum Gasteiger partial charge on any atom is 0.435 e. The Hall–Kier alpha value is -2.72. The SMILES string of the molecule is Cc1sc2nc(Cn3nc(C(F)(F)F)cc3Cl)cc(=O)n2c1-c1cccnc1. The Kier molecular flexibility index (Phi) is 4.47. The first kappa shape index (κ1) is 18.6. The topological polar surface area (TPSA) is 65.1 Å². The van der Waals surface area contributed by atoms with Gasteiger partial charge in [-0.1, -0.05) is 11.6 Å². The van der Waals surface area contributed by atoms with Crippen LogP contribution in [0.3, 0.4) is 0 Å². The molecule has 6 nitrogen and oxygen atoms in total. The largest absolute Gasteiger partial charge is 0.435 e. The Morgan fingerprint density at radius 2 is 2.07 bits per heavy atom. The van der Waals surface area contributed by atoms with Crippen LogP contribution in [0.15, 0.2) is 41.5 Å². The Labute approximate surface area is 164 Å². The zero-order valence-corrected chi connectivity index (χ0v) is 15.8. The van der Waals surface area contributed by atoms with E-state index < -0.39 is 11.9 Å². The number of hydrogen-bond acceptors (Lipinski definition) is 5. The first-order valence-corrected chi connectivity index (χ1v) is 9.16. The number of nitrogens with zero attached hydrogens (tertiary/aromatic N) is 5. The smallest absolute Gasteiger partial charge is 0.269 e. The van der Waals surface area contributed by atoms with E-state index in [-0.39, 0.29) is 23.0 Å². The Morgan fingerprint density at radius 1 is 1.29 bits per heavy atom. The standard InChI is InChI=1S/C17H11ClF3N5OS/c1-9-15(10-3-2-4-22-7-10)26-14(27)5-11(23-16(26)28-9)8-25-13(18)6-12(24-25)17(19,20)21/h2-7H,8H2,1H3. The van der Waals surface area contributed by atoms with Crippen molar-refractivity contribution in [3.63, 3.8) is 0 Å². The van der Waals surface area contributed by atoms with Crippen molar-refractivity contribution in [2.45, 2.75) is 19.6 Å². The lowest BCUT2D eigenvalue weighted by molar-refractivity contribution is -0.141. The van der Waals surface area contributed by atoms with Crippen LogP contribution in [0.5, 0.6) is 0 Å². The molecule has 0 saturated heterocycles. The van der Waals surface area contributed by atoms with E-state index in [2.05, 4.69) is 15.1 Å². The molecule has 0 atom stereocenters. The number of fused-ring (bicyclic) bond motifs is 1. The summed E-state index contributed by atoms with van der Waals surface area (Å²) in [5.74, 6) is 0. The molecule has 0 amide bonds. The maximum absolute atomic E-state index is 12.8. The molecule has 0 aliphatic rings. The fourth-order valence-electron chi connectivity index (χ4n) is 2.84. The van der Waals surface area contributed by atoms with Crippen LogP contribution < -0.4 is 5.56 Å². The zero-order valence-electron chi connectivity index (χ0n) is 14.2. The van der Waals surface area contributed by atoms with E-state index in [9.17, 15) is 18.0 Å². The molecule has 4 rings (SSSR count). The summed E-state index contributed by atoms with van der Waals surface area (Å²) in [6.07, 6.45) is -1.32. The van der Waals surface area contributed by atoms with Crippen LogP contribution in [0.25, 0.3) is 16.2 Å². The average Bonchev–Trinajstić information content (AvgIpc) is 3.15. The lowest BCUT2D eigenvalue weighted by Gasteiger charge is -2.05. The molecule has 0 N–H and O–H groups in total. The zero-order chi connectivity index (χ0) is 20.1. The molecule has 0 unspecified atom stereocenters. The third kappa shape index (κ3) is 3.29. The van der Waals surface area contributed by atoms with Crippen molar-refractivity contribution in [2.24, 2.45) is 0 Å². The normalized spacial score (nSPS) is 12.0. The molecule has 0 radical (unpaired) electrons. The number of rotatable bonds is 3. The average molecular weight is 426 g/mol. The van der Waals surface area contributed by atoms with Crippen molar-refractivity contribution in [3.8, 4) is 11.3 Å². The third-order valence-corrected chi connectivity index (χ3v) is 5.27. The van der Waals surface area contributed by atoms with Gasteiger partial charge < -0.3 is 0 Å². The second-order valence-electron chi connectivity index (χ2n) is 5.96. The minimum absolute atomic E-state index is 0.153.